The van der Waals surface area contributed by atoms with Gasteiger partial charge in [-0.05, 0) is 44.2 Å². The molecule has 2 heterocycles. The summed E-state index contributed by atoms with van der Waals surface area (Å²) in [6.07, 6.45) is 10.4. The smallest absolute Gasteiger partial charge is 0.137 e. The third-order valence-electron chi connectivity index (χ3n) is 5.02. The van der Waals surface area contributed by atoms with E-state index in [4.69, 9.17) is 0 Å². The molecule has 1 N–H and O–H groups in total. The molecule has 3 rings (SSSR count). The van der Waals surface area contributed by atoms with Crippen LogP contribution in [-0.2, 0) is 6.54 Å². The van der Waals surface area contributed by atoms with Gasteiger partial charge in [0.1, 0.15) is 5.65 Å². The topological polar surface area (TPSA) is 29.3 Å². The Kier molecular flexibility index (Phi) is 4.59. The van der Waals surface area contributed by atoms with E-state index in [1.54, 1.807) is 0 Å². The predicted octanol–water partition coefficient (Wildman–Crippen LogP) is 4.09. The van der Waals surface area contributed by atoms with Gasteiger partial charge in [0, 0.05) is 18.8 Å². The van der Waals surface area contributed by atoms with Crippen LogP contribution in [0, 0.1) is 12.8 Å². The Morgan fingerprint density at radius 3 is 2.86 bits per heavy atom. The van der Waals surface area contributed by atoms with E-state index >= 15 is 0 Å². The fourth-order valence-corrected chi connectivity index (χ4v) is 3.79. The van der Waals surface area contributed by atoms with Crippen LogP contribution in [0.4, 0.5) is 0 Å². The van der Waals surface area contributed by atoms with Gasteiger partial charge in [-0.2, -0.15) is 0 Å². The molecular weight excluding hydrogens is 258 g/mol. The zero-order valence-corrected chi connectivity index (χ0v) is 13.3. The van der Waals surface area contributed by atoms with Crippen LogP contribution in [0.25, 0.3) is 5.65 Å². The number of nitrogens with one attached hydrogen (secondary N) is 1. The summed E-state index contributed by atoms with van der Waals surface area (Å²) in [5.74, 6) is 0.864. The first kappa shape index (κ1) is 14.6. The van der Waals surface area contributed by atoms with E-state index in [0.717, 1.165) is 23.8 Å². The first-order valence-electron chi connectivity index (χ1n) is 8.45. The molecule has 0 spiro atoms. The molecule has 0 radical (unpaired) electrons. The van der Waals surface area contributed by atoms with Gasteiger partial charge < -0.3 is 9.72 Å². The normalized spacial score (nSPS) is 18.2. The van der Waals surface area contributed by atoms with Crippen molar-refractivity contribution in [2.24, 2.45) is 5.92 Å². The molecule has 1 saturated carbocycles. The molecule has 1 fully saturated rings. The largest absolute Gasteiger partial charge is 0.308 e. The summed E-state index contributed by atoms with van der Waals surface area (Å²) in [5.41, 5.74) is 3.50. The molecule has 0 saturated heterocycles. The van der Waals surface area contributed by atoms with Gasteiger partial charge in [-0.15, -0.1) is 0 Å². The van der Waals surface area contributed by atoms with E-state index in [1.165, 1.54) is 44.2 Å². The quantitative estimate of drug-likeness (QED) is 0.896. The molecule has 3 nitrogen and oxygen atoms in total. The van der Waals surface area contributed by atoms with E-state index in [9.17, 15) is 0 Å². The highest BCUT2D eigenvalue weighted by atomic mass is 15.0. The Balaban J connectivity index is 1.71. The van der Waals surface area contributed by atoms with Crippen molar-refractivity contribution in [3.8, 4) is 0 Å². The summed E-state index contributed by atoms with van der Waals surface area (Å²) in [6.45, 7) is 5.35. The monoisotopic (exact) mass is 285 g/mol. The molecule has 1 aliphatic rings. The van der Waals surface area contributed by atoms with Crippen LogP contribution in [0.2, 0.25) is 0 Å². The van der Waals surface area contributed by atoms with Gasteiger partial charge in [-0.1, -0.05) is 32.3 Å². The lowest BCUT2D eigenvalue weighted by atomic mass is 9.83. The Morgan fingerprint density at radius 2 is 2.10 bits per heavy atom. The van der Waals surface area contributed by atoms with Crippen molar-refractivity contribution in [3.63, 3.8) is 0 Å². The third kappa shape index (κ3) is 3.13. The minimum Gasteiger partial charge on any atom is -0.308 e. The van der Waals surface area contributed by atoms with Gasteiger partial charge in [-0.25, -0.2) is 4.98 Å². The van der Waals surface area contributed by atoms with Crippen LogP contribution in [0.5, 0.6) is 0 Å². The van der Waals surface area contributed by atoms with Crippen molar-refractivity contribution < 1.29 is 0 Å². The van der Waals surface area contributed by atoms with Crippen molar-refractivity contribution in [2.75, 3.05) is 0 Å². The summed E-state index contributed by atoms with van der Waals surface area (Å²) in [7, 11) is 0. The Morgan fingerprint density at radius 1 is 1.29 bits per heavy atom. The van der Waals surface area contributed by atoms with Gasteiger partial charge in [0.2, 0.25) is 0 Å². The minimum absolute atomic E-state index is 0.652. The Labute approximate surface area is 127 Å². The van der Waals surface area contributed by atoms with E-state index in [1.807, 2.05) is 0 Å². The standard InChI is InChI=1S/C18H27N3/c1-3-16(15-9-5-4-6-10-15)19-13-17-14(2)20-18-11-7-8-12-21(17)18/h7-8,11-12,15-16,19H,3-6,9-10,13H2,1-2H3. The molecule has 114 valence electrons. The molecule has 0 aromatic carbocycles. The Bertz CT molecular complexity index is 581. The maximum Gasteiger partial charge on any atom is 0.137 e. The van der Waals surface area contributed by atoms with Gasteiger partial charge >= 0.3 is 0 Å². The van der Waals surface area contributed by atoms with Crippen LogP contribution in [-0.4, -0.2) is 15.4 Å². The van der Waals surface area contributed by atoms with E-state index in [2.05, 4.69) is 52.9 Å². The number of nitrogens with zero attached hydrogens (tertiary/aromatic N) is 2. The molecular formula is C18H27N3. The number of hydrogen-bond acceptors (Lipinski definition) is 2. The lowest BCUT2D eigenvalue weighted by molar-refractivity contribution is 0.261. The van der Waals surface area contributed by atoms with Gasteiger partial charge in [0.25, 0.3) is 0 Å². The molecule has 2 aromatic rings. The van der Waals surface area contributed by atoms with Crippen LogP contribution in [0.15, 0.2) is 24.4 Å². The molecule has 1 aliphatic carbocycles. The molecule has 2 aromatic heterocycles. The third-order valence-corrected chi connectivity index (χ3v) is 5.02. The molecule has 0 aliphatic heterocycles. The van der Waals surface area contributed by atoms with Crippen molar-refractivity contribution in [3.05, 3.63) is 35.8 Å². The minimum atomic E-state index is 0.652. The number of rotatable bonds is 5. The second-order valence-electron chi connectivity index (χ2n) is 6.37. The van der Waals surface area contributed by atoms with Crippen molar-refractivity contribution in [1.82, 2.24) is 14.7 Å². The molecule has 3 heteroatoms. The first-order chi connectivity index (χ1) is 10.3. The maximum atomic E-state index is 4.65. The number of pyridine rings is 1. The second kappa shape index (κ2) is 6.61. The van der Waals surface area contributed by atoms with Gasteiger partial charge in [-0.3, -0.25) is 0 Å². The maximum absolute atomic E-state index is 4.65. The Hall–Kier alpha value is -1.35. The first-order valence-corrected chi connectivity index (χ1v) is 8.45. The van der Waals surface area contributed by atoms with Crippen molar-refractivity contribution >= 4 is 5.65 Å². The second-order valence-corrected chi connectivity index (χ2v) is 6.37. The lowest BCUT2D eigenvalue weighted by Gasteiger charge is -2.30. The number of fused-ring (bicyclic) bond motifs is 1. The van der Waals surface area contributed by atoms with Crippen molar-refractivity contribution in [2.45, 2.75) is 65.0 Å². The van der Waals surface area contributed by atoms with Gasteiger partial charge in [0.15, 0.2) is 0 Å². The highest BCUT2D eigenvalue weighted by molar-refractivity contribution is 5.42. The molecule has 1 atom stereocenters. The zero-order valence-electron chi connectivity index (χ0n) is 13.3. The summed E-state index contributed by atoms with van der Waals surface area (Å²) >= 11 is 0. The number of aromatic nitrogens is 2. The van der Waals surface area contributed by atoms with Gasteiger partial charge in [0.05, 0.1) is 11.4 Å². The highest BCUT2D eigenvalue weighted by Gasteiger charge is 2.22. The number of hydrogen-bond donors (Lipinski definition) is 1. The number of imidazole rings is 1. The summed E-state index contributed by atoms with van der Waals surface area (Å²) in [6, 6.07) is 6.86. The average molecular weight is 285 g/mol. The summed E-state index contributed by atoms with van der Waals surface area (Å²) < 4.78 is 2.22. The fraction of sp³-hybridized carbons (Fsp3) is 0.611. The van der Waals surface area contributed by atoms with Crippen LogP contribution in [0.1, 0.15) is 56.8 Å². The van der Waals surface area contributed by atoms with Crippen molar-refractivity contribution in [1.29, 1.82) is 0 Å². The molecule has 1 unspecified atom stereocenters. The van der Waals surface area contributed by atoms with E-state index in [0.29, 0.717) is 6.04 Å². The molecule has 0 bridgehead atoms. The highest BCUT2D eigenvalue weighted by Crippen LogP contribution is 2.28. The average Bonchev–Trinajstić information content (AvgIpc) is 2.85. The van der Waals surface area contributed by atoms with E-state index in [-0.39, 0.29) is 0 Å². The van der Waals surface area contributed by atoms with E-state index < -0.39 is 0 Å². The van der Waals surface area contributed by atoms with Crippen LogP contribution < -0.4 is 5.32 Å². The predicted molar refractivity (Wildman–Crippen MR) is 87.4 cm³/mol. The zero-order chi connectivity index (χ0) is 14.7. The molecule has 0 amide bonds. The van der Waals surface area contributed by atoms with Crippen LogP contribution in [0.3, 0.4) is 0 Å². The fourth-order valence-electron chi connectivity index (χ4n) is 3.79. The summed E-state index contributed by atoms with van der Waals surface area (Å²) in [4.78, 5) is 4.65. The molecule has 21 heavy (non-hydrogen) atoms. The summed E-state index contributed by atoms with van der Waals surface area (Å²) in [5, 5.41) is 3.81. The lowest BCUT2D eigenvalue weighted by Crippen LogP contribution is -2.36. The SMILES string of the molecule is CCC(NCc1c(C)nc2ccccn12)C1CCCCC1. The number of aryl methyl sites for hydroxylation is 1. The van der Waals surface area contributed by atoms with Crippen LogP contribution >= 0.6 is 0 Å².